The zero-order chi connectivity index (χ0) is 28.5. The molecule has 17 heteroatoms. The number of thiazole rings is 2. The summed E-state index contributed by atoms with van der Waals surface area (Å²) in [6.07, 6.45) is -4.10. The van der Waals surface area contributed by atoms with E-state index in [0.717, 1.165) is 10.6 Å². The maximum Gasteiger partial charge on any atom is 0.403 e. The molecule has 1 aliphatic heterocycles. The van der Waals surface area contributed by atoms with Gasteiger partial charge >= 0.3 is 6.18 Å². The number of rotatable bonds is 3. The molecule has 4 aromatic rings. The van der Waals surface area contributed by atoms with E-state index in [0.29, 0.717) is 28.6 Å². The predicted octanol–water partition coefficient (Wildman–Crippen LogP) is 5.76. The van der Waals surface area contributed by atoms with Gasteiger partial charge in [-0.25, -0.2) is 19.9 Å². The summed E-state index contributed by atoms with van der Waals surface area (Å²) in [5, 5.41) is 2.22. The van der Waals surface area contributed by atoms with E-state index in [2.05, 4.69) is 35.2 Å². The first-order valence-electron chi connectivity index (χ1n) is 11.2. The Labute approximate surface area is 241 Å². The van der Waals surface area contributed by atoms with Gasteiger partial charge in [0.25, 0.3) is 11.1 Å². The third kappa shape index (κ3) is 6.69. The molecule has 5 heterocycles. The molecule has 0 spiro atoms. The van der Waals surface area contributed by atoms with Crippen LogP contribution in [-0.2, 0) is 0 Å². The number of piperidine rings is 1. The lowest BCUT2D eigenvalue weighted by Gasteiger charge is -2.31. The molecule has 3 N–H and O–H groups in total. The van der Waals surface area contributed by atoms with Crippen molar-refractivity contribution in [2.24, 2.45) is 0 Å². The molecule has 1 unspecified atom stereocenters. The molecule has 5 rings (SSSR count). The van der Waals surface area contributed by atoms with Crippen LogP contribution in [0.1, 0.15) is 35.8 Å². The Balaban J connectivity index is 0.000000202. The van der Waals surface area contributed by atoms with Crippen LogP contribution in [0.2, 0.25) is 15.2 Å². The molecule has 0 aliphatic carbocycles. The first-order valence-corrected chi connectivity index (χ1v) is 14.1. The number of nitrogens with zero attached hydrogens (tertiary/aromatic N) is 4. The summed E-state index contributed by atoms with van der Waals surface area (Å²) >= 11 is 20.0. The van der Waals surface area contributed by atoms with Crippen LogP contribution in [-0.4, -0.2) is 48.7 Å². The van der Waals surface area contributed by atoms with Crippen molar-refractivity contribution in [3.05, 3.63) is 64.0 Å². The summed E-state index contributed by atoms with van der Waals surface area (Å²) < 4.78 is 38.9. The second kappa shape index (κ2) is 12.0. The molecule has 2 atom stereocenters. The number of H-pyrrole nitrogens is 2. The number of nitrogens with one attached hydrogen (secondary N) is 3. The van der Waals surface area contributed by atoms with Crippen LogP contribution < -0.4 is 16.4 Å². The SMILES string of the molecule is Cc1ncsc1-c1nc(C2CCN[C@@H](C(F)(F)F)C2)c(Cl)c(=O)[nH]1.Cc1ncsc1-c1nc(Cl)c(Cl)c(=O)[nH]1. The van der Waals surface area contributed by atoms with Gasteiger partial charge in [-0.05, 0) is 33.2 Å². The smallest absolute Gasteiger partial charge is 0.306 e. The van der Waals surface area contributed by atoms with Gasteiger partial charge in [0.1, 0.15) is 16.1 Å². The molecule has 39 heavy (non-hydrogen) atoms. The zero-order valence-electron chi connectivity index (χ0n) is 20.1. The van der Waals surface area contributed by atoms with Crippen LogP contribution in [0, 0.1) is 13.8 Å². The molecule has 1 saturated heterocycles. The highest BCUT2D eigenvalue weighted by atomic mass is 35.5. The van der Waals surface area contributed by atoms with E-state index in [1.165, 1.54) is 22.7 Å². The summed E-state index contributed by atoms with van der Waals surface area (Å²) in [6, 6.07) is -1.62. The van der Waals surface area contributed by atoms with Crippen LogP contribution in [0.3, 0.4) is 0 Å². The second-order valence-electron chi connectivity index (χ2n) is 8.44. The molecular weight excluding hydrogens is 622 g/mol. The summed E-state index contributed by atoms with van der Waals surface area (Å²) in [6.45, 7) is 3.78. The Bertz CT molecular complexity index is 1600. The Morgan fingerprint density at radius 3 is 1.92 bits per heavy atom. The van der Waals surface area contributed by atoms with Crippen LogP contribution in [0.5, 0.6) is 0 Å². The van der Waals surface area contributed by atoms with E-state index >= 15 is 0 Å². The Morgan fingerprint density at radius 2 is 1.44 bits per heavy atom. The number of aromatic nitrogens is 6. The number of hydrogen-bond donors (Lipinski definition) is 3. The van der Waals surface area contributed by atoms with Gasteiger partial charge in [-0.1, -0.05) is 34.8 Å². The van der Waals surface area contributed by atoms with Gasteiger partial charge in [0.05, 0.1) is 37.9 Å². The van der Waals surface area contributed by atoms with Gasteiger partial charge in [-0.3, -0.25) is 9.59 Å². The van der Waals surface area contributed by atoms with Crippen molar-refractivity contribution in [2.75, 3.05) is 6.54 Å². The van der Waals surface area contributed by atoms with Gasteiger partial charge in [0.2, 0.25) is 0 Å². The van der Waals surface area contributed by atoms with Crippen molar-refractivity contribution in [1.82, 2.24) is 35.2 Å². The molecule has 0 bridgehead atoms. The van der Waals surface area contributed by atoms with Gasteiger partial charge in [-0.15, -0.1) is 22.7 Å². The topological polar surface area (TPSA) is 129 Å². The van der Waals surface area contributed by atoms with Crippen LogP contribution in [0.4, 0.5) is 13.2 Å². The first-order chi connectivity index (χ1) is 18.4. The van der Waals surface area contributed by atoms with Crippen molar-refractivity contribution in [1.29, 1.82) is 0 Å². The normalized spacial score (nSPS) is 17.5. The minimum atomic E-state index is -4.34. The van der Waals surface area contributed by atoms with E-state index < -0.39 is 29.3 Å². The molecule has 0 aromatic carbocycles. The fourth-order valence-corrected chi connectivity index (χ4v) is 5.87. The zero-order valence-corrected chi connectivity index (χ0v) is 24.0. The molecule has 208 valence electrons. The summed E-state index contributed by atoms with van der Waals surface area (Å²) in [7, 11) is 0. The molecule has 1 aliphatic rings. The summed E-state index contributed by atoms with van der Waals surface area (Å²) in [5.41, 5.74) is 4.00. The third-order valence-corrected chi connectivity index (χ3v) is 8.77. The minimum absolute atomic E-state index is 0.00298. The Kier molecular flexibility index (Phi) is 9.13. The van der Waals surface area contributed by atoms with Crippen molar-refractivity contribution in [3.8, 4) is 21.4 Å². The lowest BCUT2D eigenvalue weighted by Crippen LogP contribution is -2.47. The third-order valence-electron chi connectivity index (χ3n) is 5.82. The maximum atomic E-state index is 13.0. The highest BCUT2D eigenvalue weighted by molar-refractivity contribution is 7.13. The summed E-state index contributed by atoms with van der Waals surface area (Å²) in [5.74, 6) is 0.163. The largest absolute Gasteiger partial charge is 0.403 e. The van der Waals surface area contributed by atoms with Crippen molar-refractivity contribution in [2.45, 2.75) is 44.8 Å². The Morgan fingerprint density at radius 1 is 0.897 bits per heavy atom. The lowest BCUT2D eigenvalue weighted by atomic mass is 9.89. The predicted molar refractivity (Wildman–Crippen MR) is 146 cm³/mol. The molecule has 9 nitrogen and oxygen atoms in total. The fourth-order valence-electron chi connectivity index (χ4n) is 3.87. The molecular formula is C22H19Cl3F3N7O2S2. The van der Waals surface area contributed by atoms with Crippen LogP contribution in [0.25, 0.3) is 21.4 Å². The quantitative estimate of drug-likeness (QED) is 0.243. The van der Waals surface area contributed by atoms with Gasteiger partial charge in [0, 0.05) is 5.92 Å². The second-order valence-corrected chi connectivity index (χ2v) is 11.3. The van der Waals surface area contributed by atoms with Gasteiger partial charge in [0.15, 0.2) is 16.8 Å². The van der Waals surface area contributed by atoms with E-state index in [-0.39, 0.29) is 33.9 Å². The number of aromatic amines is 2. The average molecular weight is 641 g/mol. The van der Waals surface area contributed by atoms with E-state index in [9.17, 15) is 22.8 Å². The molecule has 4 aromatic heterocycles. The summed E-state index contributed by atoms with van der Waals surface area (Å²) in [4.78, 5) is 46.5. The standard InChI is InChI=1S/C14H14ClF3N4OS.C8H5Cl2N3OS/c1-6-11(24-5-20-6)12-21-10(9(15)13(23)22-12)7-2-3-19-8(4-7)14(16,17)18;1-3-5(15-2-11-3)7-12-6(10)4(9)8(14)13-7/h5,7-8,19H,2-4H2,1H3,(H,21,22,23);2H,1H3,(H,12,13,14)/t7?,8-;/m1./s1. The number of alkyl halides is 3. The minimum Gasteiger partial charge on any atom is -0.306 e. The molecule has 0 radical (unpaired) electrons. The number of hydrogen-bond acceptors (Lipinski definition) is 9. The van der Waals surface area contributed by atoms with E-state index in [1.807, 2.05) is 6.92 Å². The lowest BCUT2D eigenvalue weighted by molar-refractivity contribution is -0.161. The Hall–Kier alpha value is -2.36. The highest BCUT2D eigenvalue weighted by Crippen LogP contribution is 2.36. The van der Waals surface area contributed by atoms with Gasteiger partial charge < -0.3 is 15.3 Å². The maximum absolute atomic E-state index is 13.0. The fraction of sp³-hybridized carbons (Fsp3) is 0.364. The highest BCUT2D eigenvalue weighted by Gasteiger charge is 2.43. The number of aryl methyl sites for hydroxylation is 2. The average Bonchev–Trinajstić information content (AvgIpc) is 3.51. The first kappa shape index (κ1) is 29.6. The van der Waals surface area contributed by atoms with Crippen molar-refractivity contribution in [3.63, 3.8) is 0 Å². The van der Waals surface area contributed by atoms with E-state index in [4.69, 9.17) is 34.8 Å². The van der Waals surface area contributed by atoms with E-state index in [1.54, 1.807) is 17.9 Å². The molecule has 0 saturated carbocycles. The van der Waals surface area contributed by atoms with Crippen molar-refractivity contribution >= 4 is 57.5 Å². The van der Waals surface area contributed by atoms with Crippen molar-refractivity contribution < 1.29 is 13.2 Å². The van der Waals surface area contributed by atoms with Gasteiger partial charge in [-0.2, -0.15) is 13.2 Å². The molecule has 1 fully saturated rings. The molecule has 0 amide bonds. The monoisotopic (exact) mass is 639 g/mol. The number of halogens is 6. The van der Waals surface area contributed by atoms with Crippen LogP contribution >= 0.6 is 57.5 Å². The van der Waals surface area contributed by atoms with Crippen LogP contribution in [0.15, 0.2) is 20.6 Å².